The van der Waals surface area contributed by atoms with Gasteiger partial charge in [0.05, 0.1) is 5.75 Å². The maximum atomic E-state index is 13.0. The molecule has 0 unspecified atom stereocenters. The fourth-order valence-corrected chi connectivity index (χ4v) is 5.02. The summed E-state index contributed by atoms with van der Waals surface area (Å²) in [5, 5.41) is 10.2. The van der Waals surface area contributed by atoms with Crippen molar-refractivity contribution in [3.05, 3.63) is 59.6 Å². The zero-order chi connectivity index (χ0) is 21.1. The molecule has 0 aliphatic carbocycles. The molecule has 4 rings (SSSR count). The minimum atomic E-state index is 0.162. The van der Waals surface area contributed by atoms with Gasteiger partial charge in [0.15, 0.2) is 11.0 Å². The molecule has 1 saturated heterocycles. The Labute approximate surface area is 186 Å². The zero-order valence-electron chi connectivity index (χ0n) is 17.2. The molecule has 1 aliphatic heterocycles. The third kappa shape index (κ3) is 4.40. The van der Waals surface area contributed by atoms with Crippen molar-refractivity contribution in [3.63, 3.8) is 0 Å². The van der Waals surface area contributed by atoms with E-state index in [1.54, 1.807) is 0 Å². The van der Waals surface area contributed by atoms with E-state index in [4.69, 9.17) is 11.6 Å². The van der Waals surface area contributed by atoms with Gasteiger partial charge in [0, 0.05) is 28.4 Å². The lowest BCUT2D eigenvalue weighted by molar-refractivity contribution is -0.134. The van der Waals surface area contributed by atoms with Gasteiger partial charge in [0.2, 0.25) is 5.91 Å². The topological polar surface area (TPSA) is 51.0 Å². The fraction of sp³-hybridized carbons (Fsp3) is 0.348. The van der Waals surface area contributed by atoms with Crippen LogP contribution < -0.4 is 0 Å². The molecule has 0 N–H and O–H groups in total. The van der Waals surface area contributed by atoms with E-state index in [0.717, 1.165) is 29.9 Å². The number of likely N-dealkylation sites (tertiary alicyclic amines) is 1. The smallest absolute Gasteiger partial charge is 0.233 e. The quantitative estimate of drug-likeness (QED) is 0.493. The minimum Gasteiger partial charge on any atom is -0.337 e. The predicted octanol–water partition coefficient (Wildman–Crippen LogP) is 5.47. The second-order valence-electron chi connectivity index (χ2n) is 7.70. The van der Waals surface area contributed by atoms with Gasteiger partial charge in [-0.3, -0.25) is 9.36 Å². The van der Waals surface area contributed by atoms with E-state index in [0.29, 0.717) is 28.0 Å². The van der Waals surface area contributed by atoms with E-state index in [9.17, 15) is 4.79 Å². The van der Waals surface area contributed by atoms with Crippen LogP contribution in [0.3, 0.4) is 0 Å². The van der Waals surface area contributed by atoms with E-state index in [-0.39, 0.29) is 5.91 Å². The number of carbonyl (C=O) groups is 1. The average Bonchev–Trinajstić information content (AvgIpc) is 3.17. The predicted molar refractivity (Wildman–Crippen MR) is 122 cm³/mol. The molecule has 156 valence electrons. The van der Waals surface area contributed by atoms with E-state index in [2.05, 4.69) is 24.0 Å². The van der Waals surface area contributed by atoms with Gasteiger partial charge < -0.3 is 4.90 Å². The molecular formula is C23H25ClN4OS. The molecule has 5 nitrogen and oxygen atoms in total. The standard InChI is InChI=1S/C23H25ClN4OS/c1-16-7-6-8-17(2)27(16)21(29)15-30-23-26-25-22(18-11-13-19(24)14-12-18)28(23)20-9-4-3-5-10-20/h3-5,9-14,16-17H,6-8,15H2,1-2H3/t16-,17-/m1/s1. The second-order valence-corrected chi connectivity index (χ2v) is 9.08. The summed E-state index contributed by atoms with van der Waals surface area (Å²) in [5.41, 5.74) is 1.88. The van der Waals surface area contributed by atoms with Gasteiger partial charge in [-0.25, -0.2) is 0 Å². The highest BCUT2D eigenvalue weighted by molar-refractivity contribution is 7.99. The van der Waals surface area contributed by atoms with Gasteiger partial charge in [0.25, 0.3) is 0 Å². The van der Waals surface area contributed by atoms with E-state index < -0.39 is 0 Å². The Bertz CT molecular complexity index is 996. The molecule has 0 radical (unpaired) electrons. The molecule has 0 spiro atoms. The number of rotatable bonds is 5. The van der Waals surface area contributed by atoms with Gasteiger partial charge in [-0.1, -0.05) is 41.6 Å². The van der Waals surface area contributed by atoms with Gasteiger partial charge in [-0.05, 0) is 69.5 Å². The molecule has 2 aromatic carbocycles. The molecule has 2 atom stereocenters. The molecule has 1 aromatic heterocycles. The van der Waals surface area contributed by atoms with Crippen molar-refractivity contribution < 1.29 is 4.79 Å². The van der Waals surface area contributed by atoms with Crippen LogP contribution in [0, 0.1) is 0 Å². The highest BCUT2D eigenvalue weighted by Crippen LogP contribution is 2.30. The van der Waals surface area contributed by atoms with Gasteiger partial charge in [0.1, 0.15) is 0 Å². The van der Waals surface area contributed by atoms with Crippen LogP contribution >= 0.6 is 23.4 Å². The van der Waals surface area contributed by atoms with Crippen molar-refractivity contribution in [2.24, 2.45) is 0 Å². The highest BCUT2D eigenvalue weighted by Gasteiger charge is 2.29. The van der Waals surface area contributed by atoms with E-state index in [1.165, 1.54) is 18.2 Å². The summed E-state index contributed by atoms with van der Waals surface area (Å²) in [6.07, 6.45) is 3.33. The molecule has 3 aromatic rings. The van der Waals surface area contributed by atoms with Crippen LogP contribution in [0.15, 0.2) is 59.8 Å². The number of hydrogen-bond acceptors (Lipinski definition) is 4. The average molecular weight is 441 g/mol. The molecule has 0 bridgehead atoms. The first-order valence-corrected chi connectivity index (χ1v) is 11.6. The largest absolute Gasteiger partial charge is 0.337 e. The number of benzene rings is 2. The molecule has 2 heterocycles. The van der Waals surface area contributed by atoms with Gasteiger partial charge >= 0.3 is 0 Å². The molecule has 7 heteroatoms. The number of para-hydroxylation sites is 1. The Morgan fingerprint density at radius 2 is 1.70 bits per heavy atom. The van der Waals surface area contributed by atoms with Crippen LogP contribution in [0.1, 0.15) is 33.1 Å². The third-order valence-electron chi connectivity index (χ3n) is 5.56. The van der Waals surface area contributed by atoms with Crippen molar-refractivity contribution in [1.29, 1.82) is 0 Å². The van der Waals surface area contributed by atoms with Gasteiger partial charge in [-0.2, -0.15) is 0 Å². The molecule has 1 fully saturated rings. The molecular weight excluding hydrogens is 416 g/mol. The first-order valence-electron chi connectivity index (χ1n) is 10.3. The van der Waals surface area contributed by atoms with E-state index >= 15 is 0 Å². The Morgan fingerprint density at radius 1 is 1.03 bits per heavy atom. The molecule has 0 saturated carbocycles. The molecule has 30 heavy (non-hydrogen) atoms. The number of hydrogen-bond donors (Lipinski definition) is 0. The molecule has 1 amide bonds. The second kappa shape index (κ2) is 9.23. The summed E-state index contributed by atoms with van der Waals surface area (Å²) >= 11 is 7.49. The van der Waals surface area contributed by atoms with Crippen molar-refractivity contribution in [2.45, 2.75) is 50.4 Å². The van der Waals surface area contributed by atoms with Crippen molar-refractivity contribution >= 4 is 29.3 Å². The number of aromatic nitrogens is 3. The first-order chi connectivity index (χ1) is 14.5. The number of thioether (sulfide) groups is 1. The number of amides is 1. The Kier molecular flexibility index (Phi) is 6.44. The van der Waals surface area contributed by atoms with Crippen LogP contribution in [0.4, 0.5) is 0 Å². The minimum absolute atomic E-state index is 0.162. The van der Waals surface area contributed by atoms with Crippen molar-refractivity contribution in [3.8, 4) is 17.1 Å². The number of halogens is 1. The fourth-order valence-electron chi connectivity index (χ4n) is 4.07. The SMILES string of the molecule is C[C@@H]1CCC[C@@H](C)N1C(=O)CSc1nnc(-c2ccc(Cl)cc2)n1-c1ccccc1. The first kappa shape index (κ1) is 20.9. The summed E-state index contributed by atoms with van der Waals surface area (Å²) in [6, 6.07) is 18.1. The van der Waals surface area contributed by atoms with Crippen LogP contribution in [-0.4, -0.2) is 43.4 Å². The highest BCUT2D eigenvalue weighted by atomic mass is 35.5. The third-order valence-corrected chi connectivity index (χ3v) is 6.72. The van der Waals surface area contributed by atoms with Crippen molar-refractivity contribution in [2.75, 3.05) is 5.75 Å². The Morgan fingerprint density at radius 3 is 2.37 bits per heavy atom. The Balaban J connectivity index is 1.62. The zero-order valence-corrected chi connectivity index (χ0v) is 18.7. The summed E-state index contributed by atoms with van der Waals surface area (Å²) in [4.78, 5) is 15.0. The lowest BCUT2D eigenvalue weighted by atomic mass is 9.98. The maximum Gasteiger partial charge on any atom is 0.233 e. The lowest BCUT2D eigenvalue weighted by Crippen LogP contribution is -2.48. The normalized spacial score (nSPS) is 19.1. The lowest BCUT2D eigenvalue weighted by Gasteiger charge is -2.39. The number of piperidine rings is 1. The van der Waals surface area contributed by atoms with Crippen LogP contribution in [0.2, 0.25) is 5.02 Å². The van der Waals surface area contributed by atoms with Crippen molar-refractivity contribution in [1.82, 2.24) is 19.7 Å². The van der Waals surface area contributed by atoms with Crippen LogP contribution in [0.5, 0.6) is 0 Å². The number of carbonyl (C=O) groups excluding carboxylic acids is 1. The van der Waals surface area contributed by atoms with Gasteiger partial charge in [-0.15, -0.1) is 10.2 Å². The summed E-state index contributed by atoms with van der Waals surface area (Å²) < 4.78 is 2.00. The summed E-state index contributed by atoms with van der Waals surface area (Å²) in [6.45, 7) is 4.28. The summed E-state index contributed by atoms with van der Waals surface area (Å²) in [5.74, 6) is 1.24. The number of nitrogens with zero attached hydrogens (tertiary/aromatic N) is 4. The van der Waals surface area contributed by atoms with E-state index in [1.807, 2.05) is 64.1 Å². The molecule has 1 aliphatic rings. The Hall–Kier alpha value is -2.31. The van der Waals surface area contributed by atoms with Crippen LogP contribution in [-0.2, 0) is 4.79 Å². The maximum absolute atomic E-state index is 13.0. The summed E-state index contributed by atoms with van der Waals surface area (Å²) in [7, 11) is 0. The van der Waals surface area contributed by atoms with Crippen LogP contribution in [0.25, 0.3) is 17.1 Å². The monoisotopic (exact) mass is 440 g/mol.